The molecular weight excluding hydrogens is 282 g/mol. The van der Waals surface area contributed by atoms with Gasteiger partial charge < -0.3 is 10.0 Å². The average molecular weight is 303 g/mol. The molecule has 2 heteroatoms. The van der Waals surface area contributed by atoms with E-state index in [1.54, 1.807) is 12.1 Å². The van der Waals surface area contributed by atoms with Crippen molar-refractivity contribution in [2.24, 2.45) is 0 Å². The standard InChI is InChI=1S/C21H21NO/c1-22(2)19-12-8-17(9-13-19)21(16-6-4-3-5-7-16)18-10-14-20(23)15-11-18/h3-15,21,23H,1-2H3. The number of phenolic OH excluding ortho intramolecular Hbond substituents is 1. The van der Waals surface area contributed by atoms with Crippen LogP contribution in [0.3, 0.4) is 0 Å². The Morgan fingerprint density at radius 2 is 1.13 bits per heavy atom. The largest absolute Gasteiger partial charge is 0.508 e. The van der Waals surface area contributed by atoms with Crippen LogP contribution in [0, 0.1) is 0 Å². The van der Waals surface area contributed by atoms with E-state index in [0.29, 0.717) is 5.75 Å². The lowest BCUT2D eigenvalue weighted by atomic mass is 9.85. The van der Waals surface area contributed by atoms with Crippen molar-refractivity contribution in [2.45, 2.75) is 5.92 Å². The predicted molar refractivity (Wildman–Crippen MR) is 96.3 cm³/mol. The fraction of sp³-hybridized carbons (Fsp3) is 0.143. The van der Waals surface area contributed by atoms with E-state index in [-0.39, 0.29) is 5.92 Å². The zero-order valence-electron chi connectivity index (χ0n) is 13.5. The quantitative estimate of drug-likeness (QED) is 0.710. The summed E-state index contributed by atoms with van der Waals surface area (Å²) in [6.07, 6.45) is 0. The van der Waals surface area contributed by atoms with E-state index in [4.69, 9.17) is 0 Å². The summed E-state index contributed by atoms with van der Waals surface area (Å²) in [5.41, 5.74) is 4.85. The van der Waals surface area contributed by atoms with Crippen molar-refractivity contribution >= 4 is 5.69 Å². The van der Waals surface area contributed by atoms with E-state index in [1.807, 2.05) is 32.3 Å². The van der Waals surface area contributed by atoms with Crippen LogP contribution in [0.4, 0.5) is 5.69 Å². The van der Waals surface area contributed by atoms with Crippen molar-refractivity contribution < 1.29 is 5.11 Å². The lowest BCUT2D eigenvalue weighted by Gasteiger charge is -2.20. The molecule has 23 heavy (non-hydrogen) atoms. The highest BCUT2D eigenvalue weighted by Gasteiger charge is 2.16. The van der Waals surface area contributed by atoms with Crippen LogP contribution in [-0.4, -0.2) is 19.2 Å². The highest BCUT2D eigenvalue weighted by Crippen LogP contribution is 2.33. The Labute approximate surface area is 137 Å². The Balaban J connectivity index is 2.06. The zero-order chi connectivity index (χ0) is 16.2. The van der Waals surface area contributed by atoms with Gasteiger partial charge in [-0.1, -0.05) is 54.6 Å². The Hall–Kier alpha value is -2.74. The first-order valence-corrected chi connectivity index (χ1v) is 7.76. The molecule has 3 rings (SSSR count). The van der Waals surface area contributed by atoms with Gasteiger partial charge in [-0.25, -0.2) is 0 Å². The van der Waals surface area contributed by atoms with Crippen LogP contribution >= 0.6 is 0 Å². The van der Waals surface area contributed by atoms with Crippen LogP contribution in [0.2, 0.25) is 0 Å². The second-order valence-electron chi connectivity index (χ2n) is 5.92. The van der Waals surface area contributed by atoms with Crippen LogP contribution in [0.15, 0.2) is 78.9 Å². The summed E-state index contributed by atoms with van der Waals surface area (Å²) in [5, 5.41) is 9.57. The average Bonchev–Trinajstić information content (AvgIpc) is 2.58. The summed E-state index contributed by atoms with van der Waals surface area (Å²) in [6, 6.07) is 26.6. The molecule has 0 amide bonds. The minimum Gasteiger partial charge on any atom is -0.508 e. The second kappa shape index (κ2) is 6.57. The van der Waals surface area contributed by atoms with Crippen molar-refractivity contribution in [3.05, 3.63) is 95.6 Å². The second-order valence-corrected chi connectivity index (χ2v) is 5.92. The van der Waals surface area contributed by atoms with Crippen LogP contribution in [0.5, 0.6) is 5.75 Å². The molecule has 0 aromatic heterocycles. The SMILES string of the molecule is CN(C)c1ccc(C(c2ccccc2)c2ccc(O)cc2)cc1. The van der Waals surface area contributed by atoms with Crippen LogP contribution < -0.4 is 4.90 Å². The van der Waals surface area contributed by atoms with Crippen molar-refractivity contribution in [2.75, 3.05) is 19.0 Å². The van der Waals surface area contributed by atoms with Gasteiger partial charge in [0.05, 0.1) is 0 Å². The summed E-state index contributed by atoms with van der Waals surface area (Å²) < 4.78 is 0. The number of phenols is 1. The Bertz CT molecular complexity index is 746. The molecule has 1 atom stereocenters. The molecule has 0 bridgehead atoms. The van der Waals surface area contributed by atoms with Crippen molar-refractivity contribution in [1.82, 2.24) is 0 Å². The number of aromatic hydroxyl groups is 1. The first-order chi connectivity index (χ1) is 11.1. The van der Waals surface area contributed by atoms with Crippen molar-refractivity contribution in [3.63, 3.8) is 0 Å². The van der Waals surface area contributed by atoms with E-state index in [2.05, 4.69) is 53.4 Å². The highest BCUT2D eigenvalue weighted by atomic mass is 16.3. The molecule has 0 saturated carbocycles. The van der Waals surface area contributed by atoms with Gasteiger partial charge in [0.15, 0.2) is 0 Å². The van der Waals surface area contributed by atoms with Crippen molar-refractivity contribution in [3.8, 4) is 5.75 Å². The number of hydrogen-bond acceptors (Lipinski definition) is 2. The van der Waals surface area contributed by atoms with E-state index in [9.17, 15) is 5.11 Å². The maximum absolute atomic E-state index is 9.57. The summed E-state index contributed by atoms with van der Waals surface area (Å²) in [4.78, 5) is 2.10. The normalized spacial score (nSPS) is 11.9. The van der Waals surface area contributed by atoms with Crippen LogP contribution in [-0.2, 0) is 0 Å². The van der Waals surface area contributed by atoms with E-state index >= 15 is 0 Å². The lowest BCUT2D eigenvalue weighted by molar-refractivity contribution is 0.475. The maximum atomic E-state index is 9.57. The molecule has 2 nitrogen and oxygen atoms in total. The van der Waals surface area contributed by atoms with Gasteiger partial charge in [-0.15, -0.1) is 0 Å². The summed E-state index contributed by atoms with van der Waals surface area (Å²) in [7, 11) is 4.09. The Morgan fingerprint density at radius 3 is 1.65 bits per heavy atom. The predicted octanol–water partition coefficient (Wildman–Crippen LogP) is 4.64. The molecule has 1 unspecified atom stereocenters. The molecular formula is C21H21NO. The summed E-state index contributed by atoms with van der Waals surface area (Å²) in [6.45, 7) is 0. The summed E-state index contributed by atoms with van der Waals surface area (Å²) >= 11 is 0. The molecule has 0 aliphatic heterocycles. The maximum Gasteiger partial charge on any atom is 0.115 e. The smallest absolute Gasteiger partial charge is 0.115 e. The van der Waals surface area contributed by atoms with Gasteiger partial charge in [0.2, 0.25) is 0 Å². The molecule has 0 aliphatic carbocycles. The Morgan fingerprint density at radius 1 is 0.652 bits per heavy atom. The number of rotatable bonds is 4. The number of benzene rings is 3. The van der Waals surface area contributed by atoms with Gasteiger partial charge in [0.25, 0.3) is 0 Å². The first kappa shape index (κ1) is 15.2. The molecule has 0 fully saturated rings. The number of hydrogen-bond donors (Lipinski definition) is 1. The lowest BCUT2D eigenvalue weighted by Crippen LogP contribution is -2.09. The highest BCUT2D eigenvalue weighted by molar-refractivity contribution is 5.50. The van der Waals surface area contributed by atoms with Gasteiger partial charge >= 0.3 is 0 Å². The Kier molecular flexibility index (Phi) is 4.33. The number of nitrogens with zero attached hydrogens (tertiary/aromatic N) is 1. The van der Waals surface area contributed by atoms with Gasteiger partial charge in [0, 0.05) is 25.7 Å². The van der Waals surface area contributed by atoms with E-state index < -0.39 is 0 Å². The van der Waals surface area contributed by atoms with Crippen LogP contribution in [0.1, 0.15) is 22.6 Å². The number of anilines is 1. The fourth-order valence-electron chi connectivity index (χ4n) is 2.85. The van der Waals surface area contributed by atoms with E-state index in [1.165, 1.54) is 22.4 Å². The molecule has 0 spiro atoms. The molecule has 1 N–H and O–H groups in total. The third-order valence-corrected chi connectivity index (χ3v) is 4.10. The zero-order valence-corrected chi connectivity index (χ0v) is 13.5. The monoisotopic (exact) mass is 303 g/mol. The molecule has 3 aromatic carbocycles. The minimum absolute atomic E-state index is 0.160. The first-order valence-electron chi connectivity index (χ1n) is 7.76. The molecule has 3 aromatic rings. The van der Waals surface area contributed by atoms with Gasteiger partial charge in [-0.2, -0.15) is 0 Å². The van der Waals surface area contributed by atoms with Crippen molar-refractivity contribution in [1.29, 1.82) is 0 Å². The third-order valence-electron chi connectivity index (χ3n) is 4.10. The van der Waals surface area contributed by atoms with E-state index in [0.717, 1.165) is 0 Å². The molecule has 116 valence electrons. The molecule has 0 radical (unpaired) electrons. The molecule has 0 aliphatic rings. The third kappa shape index (κ3) is 3.37. The fourth-order valence-corrected chi connectivity index (χ4v) is 2.85. The van der Waals surface area contributed by atoms with Gasteiger partial charge in [0.1, 0.15) is 5.75 Å². The van der Waals surface area contributed by atoms with Crippen LogP contribution in [0.25, 0.3) is 0 Å². The summed E-state index contributed by atoms with van der Waals surface area (Å²) in [5.74, 6) is 0.455. The minimum atomic E-state index is 0.160. The van der Waals surface area contributed by atoms with Gasteiger partial charge in [-0.05, 0) is 41.0 Å². The van der Waals surface area contributed by atoms with Gasteiger partial charge in [-0.3, -0.25) is 0 Å². The topological polar surface area (TPSA) is 23.5 Å². The molecule has 0 heterocycles. The molecule has 0 saturated heterocycles.